The molecule has 0 bridgehead atoms. The van der Waals surface area contributed by atoms with Crippen LogP contribution in [0.5, 0.6) is 0 Å². The highest BCUT2D eigenvalue weighted by atomic mass is 35.5. The maximum absolute atomic E-state index is 8.97. The van der Waals surface area contributed by atoms with Gasteiger partial charge in [0.1, 0.15) is 6.23 Å². The quantitative estimate of drug-likeness (QED) is 0.452. The third kappa shape index (κ3) is 3.24. The molecule has 0 aliphatic carbocycles. The van der Waals surface area contributed by atoms with Gasteiger partial charge in [0.05, 0.1) is 0 Å². The van der Waals surface area contributed by atoms with Gasteiger partial charge in [0.2, 0.25) is 0 Å². The van der Waals surface area contributed by atoms with Gasteiger partial charge in [0, 0.05) is 12.3 Å². The first-order valence-electron chi connectivity index (χ1n) is 2.59. The fourth-order valence-corrected chi connectivity index (χ4v) is 0.551. The van der Waals surface area contributed by atoms with E-state index in [4.69, 9.17) is 16.7 Å². The maximum atomic E-state index is 8.97. The highest BCUT2D eigenvalue weighted by Gasteiger charge is 2.02. The number of aliphatic hydroxyl groups is 1. The summed E-state index contributed by atoms with van der Waals surface area (Å²) in [5, 5.41) is 8.97. The lowest BCUT2D eigenvalue weighted by Gasteiger charge is -2.16. The molecule has 1 N–H and O–H groups in total. The van der Waals surface area contributed by atoms with Crippen LogP contribution in [-0.2, 0) is 0 Å². The summed E-state index contributed by atoms with van der Waals surface area (Å²) in [6.07, 6.45) is 0.252. The molecule has 0 rings (SSSR count). The second kappa shape index (κ2) is 4.13. The van der Waals surface area contributed by atoms with Gasteiger partial charge < -0.3 is 5.11 Å². The van der Waals surface area contributed by atoms with Crippen molar-refractivity contribution in [1.82, 2.24) is 4.90 Å². The molecule has 0 aromatic carbocycles. The summed E-state index contributed by atoms with van der Waals surface area (Å²) in [6, 6.07) is 0. The van der Waals surface area contributed by atoms with Crippen molar-refractivity contribution in [1.29, 1.82) is 0 Å². The van der Waals surface area contributed by atoms with Crippen molar-refractivity contribution in [3.63, 3.8) is 0 Å². The molecule has 0 spiro atoms. The first kappa shape index (κ1) is 8.21. The van der Waals surface area contributed by atoms with E-state index in [2.05, 4.69) is 0 Å². The second-order valence-corrected chi connectivity index (χ2v) is 2.30. The molecule has 0 aromatic heterocycles. The fraction of sp³-hybridized carbons (Fsp3) is 1.00. The Kier molecular flexibility index (Phi) is 4.23. The predicted molar refractivity (Wildman–Crippen MR) is 35.0 cm³/mol. The average Bonchev–Trinajstić information content (AvgIpc) is 1.67. The molecule has 3 heteroatoms. The Morgan fingerprint density at radius 3 is 2.25 bits per heavy atom. The molecule has 0 aliphatic rings. The first-order valence-corrected chi connectivity index (χ1v) is 3.12. The topological polar surface area (TPSA) is 23.5 Å². The van der Waals surface area contributed by atoms with Crippen molar-refractivity contribution in [2.24, 2.45) is 0 Å². The Morgan fingerprint density at radius 2 is 2.12 bits per heavy atom. The standard InChI is InChI=1S/C5H12ClNO/c1-7(2)5(8)3-4-6/h5,8H,3-4H2,1-2H3. The molecule has 1 atom stereocenters. The molecule has 0 aromatic rings. The molecule has 0 saturated carbocycles. The van der Waals surface area contributed by atoms with Crippen molar-refractivity contribution >= 4 is 11.6 Å². The lowest BCUT2D eigenvalue weighted by atomic mass is 10.4. The molecule has 0 radical (unpaired) electrons. The Balaban J connectivity index is 3.17. The summed E-state index contributed by atoms with van der Waals surface area (Å²) in [5.74, 6) is 0.513. The summed E-state index contributed by atoms with van der Waals surface area (Å²) in [7, 11) is 3.63. The third-order valence-corrected chi connectivity index (χ3v) is 1.18. The Bertz CT molecular complexity index is 58.4. The highest BCUT2D eigenvalue weighted by molar-refractivity contribution is 6.17. The largest absolute Gasteiger partial charge is 0.378 e. The van der Waals surface area contributed by atoms with Crippen LogP contribution < -0.4 is 0 Å². The first-order chi connectivity index (χ1) is 3.68. The van der Waals surface area contributed by atoms with Gasteiger partial charge in [-0.05, 0) is 14.1 Å². The maximum Gasteiger partial charge on any atom is 0.108 e. The van der Waals surface area contributed by atoms with E-state index in [1.807, 2.05) is 14.1 Å². The van der Waals surface area contributed by atoms with Gasteiger partial charge >= 0.3 is 0 Å². The third-order valence-electron chi connectivity index (χ3n) is 0.963. The lowest BCUT2D eigenvalue weighted by Crippen LogP contribution is -2.27. The minimum Gasteiger partial charge on any atom is -0.378 e. The summed E-state index contributed by atoms with van der Waals surface area (Å²) in [6.45, 7) is 0. The zero-order valence-corrected chi connectivity index (χ0v) is 6.02. The van der Waals surface area contributed by atoms with Gasteiger partial charge in [-0.15, -0.1) is 11.6 Å². The van der Waals surface area contributed by atoms with Crippen LogP contribution in [0.3, 0.4) is 0 Å². The van der Waals surface area contributed by atoms with E-state index in [0.717, 1.165) is 0 Å². The van der Waals surface area contributed by atoms with E-state index in [-0.39, 0.29) is 6.23 Å². The van der Waals surface area contributed by atoms with Crippen LogP contribution in [0.15, 0.2) is 0 Å². The van der Waals surface area contributed by atoms with Gasteiger partial charge in [0.25, 0.3) is 0 Å². The smallest absolute Gasteiger partial charge is 0.108 e. The summed E-state index contributed by atoms with van der Waals surface area (Å²) < 4.78 is 0. The molecule has 0 fully saturated rings. The average molecular weight is 138 g/mol. The number of hydrogen-bond acceptors (Lipinski definition) is 2. The van der Waals surface area contributed by atoms with Gasteiger partial charge in [-0.25, -0.2) is 0 Å². The number of rotatable bonds is 3. The Labute approximate surface area is 55.1 Å². The van der Waals surface area contributed by atoms with Crippen LogP contribution in [0.1, 0.15) is 6.42 Å². The summed E-state index contributed by atoms with van der Waals surface area (Å²) in [4.78, 5) is 1.72. The number of hydrogen-bond donors (Lipinski definition) is 1. The molecule has 2 nitrogen and oxygen atoms in total. The van der Waals surface area contributed by atoms with Gasteiger partial charge in [0.15, 0.2) is 0 Å². The number of nitrogens with zero attached hydrogens (tertiary/aromatic N) is 1. The zero-order chi connectivity index (χ0) is 6.57. The normalized spacial score (nSPS) is 14.6. The molecule has 1 unspecified atom stereocenters. The lowest BCUT2D eigenvalue weighted by molar-refractivity contribution is 0.0384. The zero-order valence-electron chi connectivity index (χ0n) is 5.26. The van der Waals surface area contributed by atoms with Crippen LogP contribution in [0.2, 0.25) is 0 Å². The van der Waals surface area contributed by atoms with E-state index >= 15 is 0 Å². The van der Waals surface area contributed by atoms with Gasteiger partial charge in [-0.3, -0.25) is 4.90 Å². The number of halogens is 1. The molecular weight excluding hydrogens is 126 g/mol. The molecule has 0 heterocycles. The van der Waals surface area contributed by atoms with Crippen LogP contribution >= 0.6 is 11.6 Å². The molecule has 0 saturated heterocycles. The number of aliphatic hydroxyl groups excluding tert-OH is 1. The van der Waals surface area contributed by atoms with Crippen molar-refractivity contribution < 1.29 is 5.11 Å². The van der Waals surface area contributed by atoms with Crippen LogP contribution in [0.25, 0.3) is 0 Å². The van der Waals surface area contributed by atoms with E-state index in [1.54, 1.807) is 4.90 Å². The molecule has 0 aliphatic heterocycles. The second-order valence-electron chi connectivity index (χ2n) is 1.92. The molecule has 50 valence electrons. The monoisotopic (exact) mass is 137 g/mol. The summed E-state index contributed by atoms with van der Waals surface area (Å²) >= 11 is 5.35. The van der Waals surface area contributed by atoms with Gasteiger partial charge in [-0.2, -0.15) is 0 Å². The Morgan fingerprint density at radius 1 is 1.62 bits per heavy atom. The molecule has 8 heavy (non-hydrogen) atoms. The summed E-state index contributed by atoms with van der Waals surface area (Å²) in [5.41, 5.74) is 0. The SMILES string of the molecule is CN(C)C(O)CCCl. The van der Waals surface area contributed by atoms with E-state index in [9.17, 15) is 0 Å². The highest BCUT2D eigenvalue weighted by Crippen LogP contribution is 1.95. The molecule has 0 amide bonds. The van der Waals surface area contributed by atoms with Crippen LogP contribution in [-0.4, -0.2) is 36.2 Å². The van der Waals surface area contributed by atoms with E-state index < -0.39 is 0 Å². The van der Waals surface area contributed by atoms with Crippen LogP contribution in [0.4, 0.5) is 0 Å². The van der Waals surface area contributed by atoms with E-state index in [1.165, 1.54) is 0 Å². The van der Waals surface area contributed by atoms with Crippen LogP contribution in [0, 0.1) is 0 Å². The van der Waals surface area contributed by atoms with Crippen molar-refractivity contribution in [3.8, 4) is 0 Å². The van der Waals surface area contributed by atoms with Crippen molar-refractivity contribution in [3.05, 3.63) is 0 Å². The minimum absolute atomic E-state index is 0.382. The molecular formula is C5H12ClNO. The Hall–Kier alpha value is 0.210. The van der Waals surface area contributed by atoms with Crippen molar-refractivity contribution in [2.45, 2.75) is 12.6 Å². The van der Waals surface area contributed by atoms with Crippen molar-refractivity contribution in [2.75, 3.05) is 20.0 Å². The number of alkyl halides is 1. The van der Waals surface area contributed by atoms with E-state index in [0.29, 0.717) is 12.3 Å². The fourth-order valence-electron chi connectivity index (χ4n) is 0.356. The minimum atomic E-state index is -0.382. The van der Waals surface area contributed by atoms with Gasteiger partial charge in [-0.1, -0.05) is 0 Å². The predicted octanol–water partition coefficient (Wildman–Crippen LogP) is 0.495.